The van der Waals surface area contributed by atoms with Gasteiger partial charge < -0.3 is 10.5 Å². The maximum atomic E-state index is 9.11. The summed E-state index contributed by atoms with van der Waals surface area (Å²) in [6.45, 7) is 0.930. The molecule has 20 heavy (non-hydrogen) atoms. The van der Waals surface area contributed by atoms with Crippen LogP contribution < -0.4 is 10.5 Å². The fourth-order valence-corrected chi connectivity index (χ4v) is 1.79. The van der Waals surface area contributed by atoms with Gasteiger partial charge in [0.2, 0.25) is 0 Å². The normalized spacial score (nSPS) is 10.4. The van der Waals surface area contributed by atoms with Crippen molar-refractivity contribution >= 4 is 6.08 Å². The van der Waals surface area contributed by atoms with E-state index in [9.17, 15) is 0 Å². The van der Waals surface area contributed by atoms with Crippen LogP contribution in [0.1, 0.15) is 16.7 Å². The average Bonchev–Trinajstić information content (AvgIpc) is 2.52. The smallest absolute Gasteiger partial charge is 0.138 e. The van der Waals surface area contributed by atoms with E-state index in [1.807, 2.05) is 54.6 Å². The second-order valence-corrected chi connectivity index (χ2v) is 4.28. The van der Waals surface area contributed by atoms with Gasteiger partial charge in [-0.15, -0.1) is 0 Å². The first-order valence-electron chi connectivity index (χ1n) is 6.41. The van der Waals surface area contributed by atoms with Crippen molar-refractivity contribution in [2.24, 2.45) is 5.73 Å². The van der Waals surface area contributed by atoms with Crippen LogP contribution in [0.2, 0.25) is 0 Å². The largest absolute Gasteiger partial charge is 0.488 e. The Bertz CT molecular complexity index is 627. The van der Waals surface area contributed by atoms with Gasteiger partial charge in [0, 0.05) is 6.54 Å². The maximum absolute atomic E-state index is 9.11. The van der Waals surface area contributed by atoms with Gasteiger partial charge in [-0.25, -0.2) is 0 Å². The van der Waals surface area contributed by atoms with Crippen LogP contribution in [0.4, 0.5) is 0 Å². The Morgan fingerprint density at radius 1 is 1.15 bits per heavy atom. The van der Waals surface area contributed by atoms with Crippen LogP contribution in [0.25, 0.3) is 6.08 Å². The van der Waals surface area contributed by atoms with Gasteiger partial charge in [0.1, 0.15) is 18.4 Å². The fraction of sp³-hybridized carbons (Fsp3) is 0.118. The lowest BCUT2D eigenvalue weighted by molar-refractivity contribution is 0.305. The molecule has 3 nitrogen and oxygen atoms in total. The Morgan fingerprint density at radius 2 is 1.95 bits per heavy atom. The second kappa shape index (κ2) is 7.13. The highest BCUT2D eigenvalue weighted by Crippen LogP contribution is 2.21. The molecule has 0 saturated heterocycles. The average molecular weight is 264 g/mol. The molecule has 0 saturated carbocycles. The van der Waals surface area contributed by atoms with Crippen molar-refractivity contribution in [2.75, 3.05) is 6.54 Å². The van der Waals surface area contributed by atoms with Crippen LogP contribution >= 0.6 is 0 Å². The Labute approximate surface area is 118 Å². The minimum Gasteiger partial charge on any atom is -0.488 e. The van der Waals surface area contributed by atoms with E-state index in [0.717, 1.165) is 11.1 Å². The number of hydrogen-bond donors (Lipinski definition) is 1. The first-order valence-corrected chi connectivity index (χ1v) is 6.41. The summed E-state index contributed by atoms with van der Waals surface area (Å²) in [6, 6.07) is 17.5. The number of nitrogens with two attached hydrogens (primary N) is 1. The van der Waals surface area contributed by atoms with Crippen molar-refractivity contribution < 1.29 is 4.74 Å². The summed E-state index contributed by atoms with van der Waals surface area (Å²) in [5, 5.41) is 9.11. The highest BCUT2D eigenvalue weighted by molar-refractivity contribution is 5.56. The summed E-state index contributed by atoms with van der Waals surface area (Å²) < 4.78 is 5.75. The van der Waals surface area contributed by atoms with Gasteiger partial charge in [-0.05, 0) is 23.3 Å². The lowest BCUT2D eigenvalue weighted by atomic mass is 10.1. The monoisotopic (exact) mass is 264 g/mol. The molecular weight excluding hydrogens is 248 g/mol. The molecule has 0 aliphatic rings. The van der Waals surface area contributed by atoms with Gasteiger partial charge in [-0.1, -0.05) is 48.6 Å². The lowest BCUT2D eigenvalue weighted by Crippen LogP contribution is -1.97. The zero-order valence-electron chi connectivity index (χ0n) is 11.1. The van der Waals surface area contributed by atoms with Crippen molar-refractivity contribution in [3.8, 4) is 11.8 Å². The van der Waals surface area contributed by atoms with E-state index in [1.165, 1.54) is 0 Å². The minimum absolute atomic E-state index is 0.444. The third kappa shape index (κ3) is 3.71. The highest BCUT2D eigenvalue weighted by Gasteiger charge is 2.04. The zero-order chi connectivity index (χ0) is 14.2. The topological polar surface area (TPSA) is 59.0 Å². The molecule has 2 aromatic carbocycles. The Morgan fingerprint density at radius 3 is 2.65 bits per heavy atom. The van der Waals surface area contributed by atoms with E-state index >= 15 is 0 Å². The third-order valence-corrected chi connectivity index (χ3v) is 2.81. The number of hydrogen-bond acceptors (Lipinski definition) is 3. The maximum Gasteiger partial charge on any atom is 0.138 e. The van der Waals surface area contributed by atoms with Crippen LogP contribution in [-0.2, 0) is 6.61 Å². The van der Waals surface area contributed by atoms with Crippen molar-refractivity contribution in [3.63, 3.8) is 0 Å². The number of ether oxygens (including phenoxy) is 1. The molecule has 0 aromatic heterocycles. The van der Waals surface area contributed by atoms with Crippen molar-refractivity contribution in [1.82, 2.24) is 0 Å². The van der Waals surface area contributed by atoms with E-state index in [-0.39, 0.29) is 0 Å². The molecule has 2 N–H and O–H groups in total. The van der Waals surface area contributed by atoms with Gasteiger partial charge in [0.25, 0.3) is 0 Å². The predicted octanol–water partition coefficient (Wildman–Crippen LogP) is 3.11. The van der Waals surface area contributed by atoms with Crippen LogP contribution in [0.3, 0.4) is 0 Å². The van der Waals surface area contributed by atoms with Gasteiger partial charge in [-0.2, -0.15) is 5.26 Å². The Hall–Kier alpha value is -2.57. The first-order chi connectivity index (χ1) is 9.83. The molecule has 0 bridgehead atoms. The summed E-state index contributed by atoms with van der Waals surface area (Å²) in [7, 11) is 0. The molecule has 0 radical (unpaired) electrons. The highest BCUT2D eigenvalue weighted by atomic mass is 16.5. The summed E-state index contributed by atoms with van der Waals surface area (Å²) in [5.41, 5.74) is 8.01. The lowest BCUT2D eigenvalue weighted by Gasteiger charge is -2.09. The second-order valence-electron chi connectivity index (χ2n) is 4.28. The molecule has 0 fully saturated rings. The van der Waals surface area contributed by atoms with Gasteiger partial charge in [-0.3, -0.25) is 0 Å². The minimum atomic E-state index is 0.444. The molecule has 3 heteroatoms. The Kier molecular flexibility index (Phi) is 4.94. The molecule has 2 aromatic rings. The SMILES string of the molecule is N#Cc1ccc(C=CCN)cc1OCc1ccccc1. The molecular formula is C17H16N2O. The Balaban J connectivity index is 2.16. The first kappa shape index (κ1) is 13.9. The van der Waals surface area contributed by atoms with E-state index in [4.69, 9.17) is 15.7 Å². The van der Waals surface area contributed by atoms with E-state index in [0.29, 0.717) is 24.5 Å². The fourth-order valence-electron chi connectivity index (χ4n) is 1.79. The molecule has 0 spiro atoms. The molecule has 0 heterocycles. The summed E-state index contributed by atoms with van der Waals surface area (Å²) in [6.07, 6.45) is 3.78. The standard InChI is InChI=1S/C17H16N2O/c18-10-4-7-14-8-9-16(12-19)17(11-14)20-13-15-5-2-1-3-6-15/h1-9,11H,10,13,18H2. The van der Waals surface area contributed by atoms with Crippen molar-refractivity contribution in [1.29, 1.82) is 5.26 Å². The van der Waals surface area contributed by atoms with Crippen molar-refractivity contribution in [2.45, 2.75) is 6.61 Å². The van der Waals surface area contributed by atoms with Gasteiger partial charge in [0.15, 0.2) is 0 Å². The molecule has 0 atom stereocenters. The van der Waals surface area contributed by atoms with Crippen LogP contribution in [0.5, 0.6) is 5.75 Å². The van der Waals surface area contributed by atoms with E-state index in [2.05, 4.69) is 6.07 Å². The summed E-state index contributed by atoms with van der Waals surface area (Å²) in [4.78, 5) is 0. The van der Waals surface area contributed by atoms with Crippen LogP contribution in [-0.4, -0.2) is 6.54 Å². The van der Waals surface area contributed by atoms with Crippen LogP contribution in [0.15, 0.2) is 54.6 Å². The molecule has 0 aliphatic carbocycles. The quantitative estimate of drug-likeness (QED) is 0.902. The molecule has 0 amide bonds. The third-order valence-electron chi connectivity index (χ3n) is 2.81. The number of nitrogens with zero attached hydrogens (tertiary/aromatic N) is 1. The van der Waals surface area contributed by atoms with Crippen LogP contribution in [0, 0.1) is 11.3 Å². The van der Waals surface area contributed by atoms with E-state index in [1.54, 1.807) is 6.07 Å². The molecule has 0 unspecified atom stereocenters. The molecule has 0 aliphatic heterocycles. The summed E-state index contributed by atoms with van der Waals surface area (Å²) >= 11 is 0. The number of benzene rings is 2. The van der Waals surface area contributed by atoms with Crippen molar-refractivity contribution in [3.05, 3.63) is 71.3 Å². The van der Waals surface area contributed by atoms with E-state index < -0.39 is 0 Å². The van der Waals surface area contributed by atoms with Gasteiger partial charge >= 0.3 is 0 Å². The summed E-state index contributed by atoms with van der Waals surface area (Å²) in [5.74, 6) is 0.593. The molecule has 100 valence electrons. The number of nitriles is 1. The number of rotatable bonds is 5. The zero-order valence-corrected chi connectivity index (χ0v) is 11.1. The van der Waals surface area contributed by atoms with Gasteiger partial charge in [0.05, 0.1) is 5.56 Å². The molecule has 2 rings (SSSR count). The predicted molar refractivity (Wildman–Crippen MR) is 80.0 cm³/mol.